The van der Waals surface area contributed by atoms with E-state index in [9.17, 15) is 4.79 Å². The molecule has 2 rings (SSSR count). The van der Waals surface area contributed by atoms with Gasteiger partial charge in [-0.15, -0.1) is 0 Å². The fourth-order valence-electron chi connectivity index (χ4n) is 1.45. The Morgan fingerprint density at radius 1 is 1.44 bits per heavy atom. The average Bonchev–Trinajstić information content (AvgIpc) is 2.46. The first kappa shape index (κ1) is 10.6. The third kappa shape index (κ3) is 1.76. The number of anilines is 2. The maximum Gasteiger partial charge on any atom is 0.255 e. The van der Waals surface area contributed by atoms with Crippen LogP contribution in [0.5, 0.6) is 5.88 Å². The van der Waals surface area contributed by atoms with E-state index in [1.807, 2.05) is 0 Å². The molecule has 86 valence electrons. The topological polar surface area (TPSA) is 85.4 Å². The summed E-state index contributed by atoms with van der Waals surface area (Å²) in [6.07, 6.45) is 0.808. The van der Waals surface area contributed by atoms with Crippen molar-refractivity contribution in [3.05, 3.63) is 6.33 Å². The number of nitrogens with one attached hydrogen (secondary N) is 2. The number of amides is 1. The molecule has 1 aliphatic rings. The molecule has 0 radical (unpaired) electrons. The first-order valence-electron chi connectivity index (χ1n) is 4.72. The summed E-state index contributed by atoms with van der Waals surface area (Å²) in [6, 6.07) is 0. The molecule has 1 unspecified atom stereocenters. The molecule has 1 aliphatic heterocycles. The van der Waals surface area contributed by atoms with Gasteiger partial charge in [0, 0.05) is 7.11 Å². The number of methoxy groups -OCH3 is 2. The fraction of sp³-hybridized carbons (Fsp3) is 0.444. The van der Waals surface area contributed by atoms with Gasteiger partial charge in [-0.3, -0.25) is 4.79 Å². The second kappa shape index (κ2) is 4.31. The summed E-state index contributed by atoms with van der Waals surface area (Å²) >= 11 is 0. The molecule has 2 N–H and O–H groups in total. The monoisotopic (exact) mass is 224 g/mol. The van der Waals surface area contributed by atoms with Crippen LogP contribution in [0, 0.1) is 0 Å². The Labute approximate surface area is 92.2 Å². The van der Waals surface area contributed by atoms with Crippen LogP contribution in [0.4, 0.5) is 11.5 Å². The van der Waals surface area contributed by atoms with E-state index in [4.69, 9.17) is 9.47 Å². The Morgan fingerprint density at radius 3 is 2.94 bits per heavy atom. The van der Waals surface area contributed by atoms with Crippen LogP contribution in [0.3, 0.4) is 0 Å². The highest BCUT2D eigenvalue weighted by Crippen LogP contribution is 2.29. The second-order valence-electron chi connectivity index (χ2n) is 3.20. The second-order valence-corrected chi connectivity index (χ2v) is 3.20. The maximum absolute atomic E-state index is 11.7. The van der Waals surface area contributed by atoms with Gasteiger partial charge < -0.3 is 20.1 Å². The molecule has 16 heavy (non-hydrogen) atoms. The van der Waals surface area contributed by atoms with Crippen LogP contribution in [0.1, 0.15) is 0 Å². The van der Waals surface area contributed by atoms with Crippen molar-refractivity contribution in [3.8, 4) is 5.88 Å². The molecule has 0 aromatic carbocycles. The predicted molar refractivity (Wildman–Crippen MR) is 56.5 cm³/mol. The molecule has 0 aliphatic carbocycles. The lowest BCUT2D eigenvalue weighted by Crippen LogP contribution is -2.32. The molecule has 7 nitrogen and oxygen atoms in total. The van der Waals surface area contributed by atoms with Crippen molar-refractivity contribution in [2.24, 2.45) is 0 Å². The van der Waals surface area contributed by atoms with E-state index in [2.05, 4.69) is 20.6 Å². The van der Waals surface area contributed by atoms with E-state index < -0.39 is 6.10 Å². The Bertz CT molecular complexity index is 410. The van der Waals surface area contributed by atoms with Gasteiger partial charge in [0.15, 0.2) is 11.9 Å². The van der Waals surface area contributed by atoms with Crippen LogP contribution in [-0.2, 0) is 9.53 Å². The molecular weight excluding hydrogens is 212 g/mol. The van der Waals surface area contributed by atoms with Crippen molar-refractivity contribution < 1.29 is 14.3 Å². The summed E-state index contributed by atoms with van der Waals surface area (Å²) in [4.78, 5) is 19.6. The van der Waals surface area contributed by atoms with Crippen molar-refractivity contribution in [2.75, 3.05) is 31.4 Å². The first-order valence-corrected chi connectivity index (χ1v) is 4.72. The summed E-state index contributed by atoms with van der Waals surface area (Å²) in [5.74, 6) is 0.601. The zero-order valence-electron chi connectivity index (χ0n) is 8.98. The van der Waals surface area contributed by atoms with Gasteiger partial charge >= 0.3 is 0 Å². The zero-order chi connectivity index (χ0) is 11.5. The maximum atomic E-state index is 11.7. The van der Waals surface area contributed by atoms with Crippen molar-refractivity contribution in [1.82, 2.24) is 9.97 Å². The number of hydrogen-bond acceptors (Lipinski definition) is 6. The highest BCUT2D eigenvalue weighted by molar-refractivity contribution is 5.99. The van der Waals surface area contributed by atoms with E-state index in [0.717, 1.165) is 0 Å². The number of rotatable bonds is 2. The van der Waals surface area contributed by atoms with E-state index in [-0.39, 0.29) is 5.91 Å². The lowest BCUT2D eigenvalue weighted by atomic mass is 10.3. The van der Waals surface area contributed by atoms with E-state index >= 15 is 0 Å². The van der Waals surface area contributed by atoms with Gasteiger partial charge in [0.05, 0.1) is 13.7 Å². The molecule has 7 heteroatoms. The first-order chi connectivity index (χ1) is 7.76. The Hall–Kier alpha value is -1.89. The summed E-state index contributed by atoms with van der Waals surface area (Å²) in [6.45, 7) is 0.357. The van der Waals surface area contributed by atoms with Crippen LogP contribution >= 0.6 is 0 Å². The van der Waals surface area contributed by atoms with Crippen molar-refractivity contribution in [1.29, 1.82) is 0 Å². The van der Waals surface area contributed by atoms with Crippen molar-refractivity contribution in [2.45, 2.75) is 6.10 Å². The number of fused-ring (bicyclic) bond motifs is 1. The quantitative estimate of drug-likeness (QED) is 0.727. The predicted octanol–water partition coefficient (Wildman–Crippen LogP) is -0.136. The minimum Gasteiger partial charge on any atom is -0.479 e. The number of nitrogens with zero attached hydrogens (tertiary/aromatic N) is 2. The molecule has 0 bridgehead atoms. The average molecular weight is 224 g/mol. The molecule has 0 spiro atoms. The van der Waals surface area contributed by atoms with E-state index in [0.29, 0.717) is 23.9 Å². The number of ether oxygens (including phenoxy) is 2. The van der Waals surface area contributed by atoms with Gasteiger partial charge in [-0.1, -0.05) is 0 Å². The number of hydrogen-bond donors (Lipinski definition) is 2. The third-order valence-electron chi connectivity index (χ3n) is 2.29. The molecule has 1 aromatic heterocycles. The minimum absolute atomic E-state index is 0.248. The van der Waals surface area contributed by atoms with E-state index in [1.165, 1.54) is 20.5 Å². The van der Waals surface area contributed by atoms with Gasteiger partial charge in [-0.2, -0.15) is 4.98 Å². The van der Waals surface area contributed by atoms with E-state index in [1.54, 1.807) is 0 Å². The van der Waals surface area contributed by atoms with Crippen LogP contribution in [0.25, 0.3) is 0 Å². The normalized spacial score (nSPS) is 19.1. The third-order valence-corrected chi connectivity index (χ3v) is 2.29. The summed E-state index contributed by atoms with van der Waals surface area (Å²) in [5, 5.41) is 5.66. The van der Waals surface area contributed by atoms with Gasteiger partial charge in [0.1, 0.15) is 12.0 Å². The molecule has 0 fully saturated rings. The molecule has 1 amide bonds. The molecule has 1 atom stereocenters. The molecule has 0 saturated heterocycles. The lowest BCUT2D eigenvalue weighted by Gasteiger charge is -2.10. The molecule has 1 aromatic rings. The SMILES string of the molecule is COc1ncnc2c1NC(=O)C(OC)CN2. The Balaban J connectivity index is 2.37. The van der Waals surface area contributed by atoms with Crippen LogP contribution in [0.15, 0.2) is 6.33 Å². The number of aromatic nitrogens is 2. The summed E-state index contributed by atoms with van der Waals surface area (Å²) in [7, 11) is 2.96. The smallest absolute Gasteiger partial charge is 0.255 e. The minimum atomic E-state index is -0.557. The largest absolute Gasteiger partial charge is 0.479 e. The fourth-order valence-corrected chi connectivity index (χ4v) is 1.45. The van der Waals surface area contributed by atoms with Gasteiger partial charge in [0.25, 0.3) is 5.91 Å². The lowest BCUT2D eigenvalue weighted by molar-refractivity contribution is -0.124. The van der Waals surface area contributed by atoms with Gasteiger partial charge in [-0.05, 0) is 0 Å². The van der Waals surface area contributed by atoms with Crippen LogP contribution in [0.2, 0.25) is 0 Å². The summed E-state index contributed by atoms with van der Waals surface area (Å²) < 4.78 is 10.1. The highest BCUT2D eigenvalue weighted by Gasteiger charge is 2.26. The van der Waals surface area contributed by atoms with Crippen LogP contribution in [-0.4, -0.2) is 42.7 Å². The van der Waals surface area contributed by atoms with Crippen LogP contribution < -0.4 is 15.4 Å². The Morgan fingerprint density at radius 2 is 2.25 bits per heavy atom. The molecular formula is C9H12N4O3. The highest BCUT2D eigenvalue weighted by atomic mass is 16.5. The zero-order valence-corrected chi connectivity index (χ0v) is 8.98. The number of carbonyl (C=O) groups is 1. The van der Waals surface area contributed by atoms with Gasteiger partial charge in [-0.25, -0.2) is 4.98 Å². The Kier molecular flexibility index (Phi) is 2.86. The molecule has 0 saturated carbocycles. The molecule has 2 heterocycles. The van der Waals surface area contributed by atoms with Gasteiger partial charge in [0.2, 0.25) is 5.88 Å². The standard InChI is InChI=1S/C9H12N4O3/c1-15-5-3-10-7-6(13-8(5)14)9(16-2)12-4-11-7/h4-5H,3H2,1-2H3,(H,13,14)(H,10,11,12). The van der Waals surface area contributed by atoms with Crippen molar-refractivity contribution in [3.63, 3.8) is 0 Å². The number of carbonyl (C=O) groups excluding carboxylic acids is 1. The summed E-state index contributed by atoms with van der Waals surface area (Å²) in [5.41, 5.74) is 0.439. The van der Waals surface area contributed by atoms with Crippen molar-refractivity contribution >= 4 is 17.4 Å².